The van der Waals surface area contributed by atoms with Gasteiger partial charge in [-0.15, -0.1) is 0 Å². The van der Waals surface area contributed by atoms with Gasteiger partial charge >= 0.3 is 12.1 Å². The number of alkyl halides is 3. The summed E-state index contributed by atoms with van der Waals surface area (Å²) in [6.07, 6.45) is -3.05. The lowest BCUT2D eigenvalue weighted by atomic mass is 10.1. The number of unbranched alkanes of at least 4 members (excludes halogenated alkanes) is 4. The molecule has 0 spiro atoms. The zero-order valence-electron chi connectivity index (χ0n) is 19.6. The van der Waals surface area contributed by atoms with Crippen molar-refractivity contribution in [2.24, 2.45) is 27.9 Å². The minimum Gasteiger partial charge on any atom is -0.435 e. The van der Waals surface area contributed by atoms with E-state index >= 15 is 0 Å². The van der Waals surface area contributed by atoms with Crippen LogP contribution < -0.4 is 28.3 Å². The first-order chi connectivity index (χ1) is 15.9. The molecule has 0 aliphatic carbocycles. The normalized spacial score (nSPS) is 13.1. The highest BCUT2D eigenvalue weighted by Gasteiger charge is 2.45. The second kappa shape index (κ2) is 16.9. The highest BCUT2D eigenvalue weighted by Crippen LogP contribution is 2.18. The lowest BCUT2D eigenvalue weighted by molar-refractivity contribution is -0.206. The maximum Gasteiger partial charge on any atom is 0.490 e. The molecule has 0 fully saturated rings. The summed E-state index contributed by atoms with van der Waals surface area (Å²) >= 11 is 0. The van der Waals surface area contributed by atoms with Crippen LogP contribution in [0, 0.1) is 0 Å². The number of nitrogens with zero attached hydrogens (tertiary/aromatic N) is 2. The van der Waals surface area contributed by atoms with E-state index in [-0.39, 0.29) is 25.1 Å². The smallest absolute Gasteiger partial charge is 0.435 e. The van der Waals surface area contributed by atoms with E-state index in [2.05, 4.69) is 15.0 Å². The summed E-state index contributed by atoms with van der Waals surface area (Å²) in [7, 11) is 0. The number of esters is 1. The average molecular weight is 498 g/mol. The van der Waals surface area contributed by atoms with Crippen LogP contribution in [0.5, 0.6) is 0 Å². The second-order valence-electron chi connectivity index (χ2n) is 7.95. The molecule has 2 atom stereocenters. The molecule has 9 N–H and O–H groups in total. The number of carbonyl (C=O) groups excluding carboxylic acids is 3. The molecule has 0 heterocycles. The zero-order valence-corrected chi connectivity index (χ0v) is 19.6. The molecule has 0 rings (SSSR count). The van der Waals surface area contributed by atoms with Crippen molar-refractivity contribution in [3.8, 4) is 0 Å². The van der Waals surface area contributed by atoms with Gasteiger partial charge in [-0.25, -0.2) is 4.79 Å². The monoisotopic (exact) mass is 497 g/mol. The molecule has 0 saturated heterocycles. The molecule has 0 saturated carbocycles. The number of amides is 2. The molecule has 0 radical (unpaired) electrons. The number of nitrogens with one attached hydrogen (secondary N) is 1. The van der Waals surface area contributed by atoms with E-state index in [1.165, 1.54) is 4.90 Å². The van der Waals surface area contributed by atoms with Crippen LogP contribution in [0.3, 0.4) is 0 Å². The number of guanidine groups is 1. The summed E-state index contributed by atoms with van der Waals surface area (Å²) in [5, 5.41) is 3.20. The van der Waals surface area contributed by atoms with Crippen molar-refractivity contribution in [3.63, 3.8) is 0 Å². The van der Waals surface area contributed by atoms with Crippen molar-refractivity contribution in [2.75, 3.05) is 32.7 Å². The lowest BCUT2D eigenvalue weighted by Crippen LogP contribution is -2.50. The van der Waals surface area contributed by atoms with Crippen LogP contribution in [0.1, 0.15) is 51.9 Å². The summed E-state index contributed by atoms with van der Waals surface area (Å²) in [6, 6.07) is 0.0743. The molecule has 0 aromatic rings. The summed E-state index contributed by atoms with van der Waals surface area (Å²) in [6.45, 7) is 4.06. The number of nitrogens with two attached hydrogens (primary N) is 4. The van der Waals surface area contributed by atoms with Gasteiger partial charge < -0.3 is 37.9 Å². The van der Waals surface area contributed by atoms with Crippen molar-refractivity contribution in [3.05, 3.63) is 0 Å². The molecular weight excluding hydrogens is 459 g/mol. The maximum atomic E-state index is 12.7. The second-order valence-corrected chi connectivity index (χ2v) is 7.95. The summed E-state index contributed by atoms with van der Waals surface area (Å²) in [5.41, 5.74) is 21.2. The summed E-state index contributed by atoms with van der Waals surface area (Å²) in [4.78, 5) is 40.5. The predicted molar refractivity (Wildman–Crippen MR) is 121 cm³/mol. The van der Waals surface area contributed by atoms with Gasteiger partial charge in [0.1, 0.15) is 0 Å². The number of halogens is 3. The van der Waals surface area contributed by atoms with E-state index in [0.717, 1.165) is 19.4 Å². The molecule has 0 aliphatic rings. The predicted octanol–water partition coefficient (Wildman–Crippen LogP) is -0.285. The van der Waals surface area contributed by atoms with Gasteiger partial charge in [-0.3, -0.25) is 14.6 Å². The summed E-state index contributed by atoms with van der Waals surface area (Å²) < 4.78 is 41.7. The summed E-state index contributed by atoms with van der Waals surface area (Å²) in [5.74, 6) is -5.20. The Hall–Kier alpha value is -2.61. The van der Waals surface area contributed by atoms with Crippen molar-refractivity contribution in [2.45, 2.75) is 70.2 Å². The van der Waals surface area contributed by atoms with Crippen molar-refractivity contribution in [1.29, 1.82) is 0 Å². The number of hydrogen-bond donors (Lipinski definition) is 5. The number of ether oxygens (including phenoxy) is 1. The SMILES string of the molecule is CC(N)CCNCCCCN(CCCCCCN=C(N)N)C(=O)C(OC(=O)C(F)(F)F)C(N)=O. The van der Waals surface area contributed by atoms with Gasteiger partial charge in [-0.2, -0.15) is 13.2 Å². The molecule has 11 nitrogen and oxygen atoms in total. The Morgan fingerprint density at radius 3 is 2.09 bits per heavy atom. The van der Waals surface area contributed by atoms with Crippen molar-refractivity contribution in [1.82, 2.24) is 10.2 Å². The first-order valence-corrected chi connectivity index (χ1v) is 11.2. The topological polar surface area (TPSA) is 192 Å². The average Bonchev–Trinajstić information content (AvgIpc) is 2.72. The number of rotatable bonds is 18. The number of carbonyl (C=O) groups is 3. The van der Waals surface area contributed by atoms with Crippen LogP contribution in [0.15, 0.2) is 4.99 Å². The fourth-order valence-electron chi connectivity index (χ4n) is 2.89. The van der Waals surface area contributed by atoms with Crippen LogP contribution >= 0.6 is 0 Å². The van der Waals surface area contributed by atoms with Gasteiger partial charge in [0.05, 0.1) is 0 Å². The van der Waals surface area contributed by atoms with Gasteiger partial charge in [0.2, 0.25) is 0 Å². The Kier molecular flexibility index (Phi) is 15.6. The minimum atomic E-state index is -5.36. The van der Waals surface area contributed by atoms with Gasteiger partial charge in [-0.05, 0) is 52.1 Å². The molecule has 2 unspecified atom stereocenters. The number of aliphatic imine (C=N–C) groups is 1. The minimum absolute atomic E-state index is 0.00491. The first-order valence-electron chi connectivity index (χ1n) is 11.2. The van der Waals surface area contributed by atoms with Crippen molar-refractivity contribution >= 4 is 23.7 Å². The van der Waals surface area contributed by atoms with Crippen LogP contribution in [-0.2, 0) is 19.1 Å². The highest BCUT2D eigenvalue weighted by atomic mass is 19.4. The highest BCUT2D eigenvalue weighted by molar-refractivity contribution is 6.04. The molecule has 198 valence electrons. The fourth-order valence-corrected chi connectivity index (χ4v) is 2.89. The van der Waals surface area contributed by atoms with E-state index in [4.69, 9.17) is 22.9 Å². The standard InChI is InChI=1S/C20H38F3N7O4/c1-14(24)8-11-28-9-5-7-13-30(12-6-3-2-4-10-29-19(26)27)17(32)15(16(25)31)34-18(33)20(21,22)23/h14-15,28H,2-13,24H2,1H3,(H2,25,31)(H4,26,27,29). The first kappa shape index (κ1) is 31.4. The lowest BCUT2D eigenvalue weighted by Gasteiger charge is -2.26. The van der Waals surface area contributed by atoms with Crippen molar-refractivity contribution < 1.29 is 32.3 Å². The largest absolute Gasteiger partial charge is 0.490 e. The molecule has 0 aromatic carbocycles. The third-order valence-corrected chi connectivity index (χ3v) is 4.69. The van der Waals surface area contributed by atoms with E-state index in [9.17, 15) is 27.6 Å². The molecule has 14 heteroatoms. The molecule has 34 heavy (non-hydrogen) atoms. The van der Waals surface area contributed by atoms with Crippen LogP contribution in [0.2, 0.25) is 0 Å². The molecular formula is C20H38F3N7O4. The Balaban J connectivity index is 4.89. The van der Waals surface area contributed by atoms with Gasteiger partial charge in [0.25, 0.3) is 17.9 Å². The quantitative estimate of drug-likeness (QED) is 0.0561. The van der Waals surface area contributed by atoms with E-state index in [0.29, 0.717) is 45.2 Å². The molecule has 0 aliphatic heterocycles. The third kappa shape index (κ3) is 15.3. The Bertz CT molecular complexity index is 657. The molecule has 0 bridgehead atoms. The van der Waals surface area contributed by atoms with Crippen LogP contribution in [-0.4, -0.2) is 79.7 Å². The Labute approximate surface area is 197 Å². The van der Waals surface area contributed by atoms with Gasteiger partial charge in [-0.1, -0.05) is 12.8 Å². The molecule has 0 aromatic heterocycles. The molecule has 2 amide bonds. The van der Waals surface area contributed by atoms with Gasteiger partial charge in [0, 0.05) is 25.7 Å². The third-order valence-electron chi connectivity index (χ3n) is 4.69. The number of hydrogen-bond acceptors (Lipinski definition) is 7. The Morgan fingerprint density at radius 1 is 0.971 bits per heavy atom. The Morgan fingerprint density at radius 2 is 1.56 bits per heavy atom. The van der Waals surface area contributed by atoms with E-state index in [1.54, 1.807) is 0 Å². The van der Waals surface area contributed by atoms with E-state index < -0.39 is 30.1 Å². The zero-order chi connectivity index (χ0) is 26.1. The van der Waals surface area contributed by atoms with Crippen LogP contribution in [0.4, 0.5) is 13.2 Å². The van der Waals surface area contributed by atoms with Crippen LogP contribution in [0.25, 0.3) is 0 Å². The fraction of sp³-hybridized carbons (Fsp3) is 0.800. The van der Waals surface area contributed by atoms with E-state index in [1.807, 2.05) is 6.92 Å². The number of primary amides is 1. The maximum absolute atomic E-state index is 12.7. The van der Waals surface area contributed by atoms with Gasteiger partial charge in [0.15, 0.2) is 5.96 Å².